The Kier molecular flexibility index (Phi) is 5.30. The number of halogens is 1. The molecule has 0 fully saturated rings. The first-order valence-corrected chi connectivity index (χ1v) is 10.4. The Morgan fingerprint density at radius 2 is 1.90 bits per heavy atom. The van der Waals surface area contributed by atoms with Crippen LogP contribution in [0.3, 0.4) is 0 Å². The molecular weight excluding hydrogens is 422 g/mol. The first-order chi connectivity index (χ1) is 15.2. The lowest BCUT2D eigenvalue weighted by atomic mass is 10.1. The molecule has 0 saturated carbocycles. The summed E-state index contributed by atoms with van der Waals surface area (Å²) in [4.78, 5) is 13.1. The maximum Gasteiger partial charge on any atom is 0.262 e. The van der Waals surface area contributed by atoms with Crippen LogP contribution in [0.2, 0.25) is 5.02 Å². The molecule has 8 nitrogen and oxygen atoms in total. The SMILES string of the molecule is O=C(CNc1cc2c(cc1Cl)OCCCO2)N1N=C(c2ccco2)C[C@@H]1c1ccco1. The Morgan fingerprint density at radius 1 is 1.13 bits per heavy atom. The van der Waals surface area contributed by atoms with Crippen molar-refractivity contribution in [1.82, 2.24) is 5.01 Å². The molecule has 1 amide bonds. The lowest BCUT2D eigenvalue weighted by Crippen LogP contribution is -2.32. The monoisotopic (exact) mass is 441 g/mol. The molecule has 0 saturated heterocycles. The minimum Gasteiger partial charge on any atom is -0.490 e. The van der Waals surface area contributed by atoms with Gasteiger partial charge in [0.1, 0.15) is 23.3 Å². The summed E-state index contributed by atoms with van der Waals surface area (Å²) in [6.45, 7) is 1.13. The predicted molar refractivity (Wildman–Crippen MR) is 114 cm³/mol. The van der Waals surface area contributed by atoms with Crippen molar-refractivity contribution in [3.05, 3.63) is 65.5 Å². The van der Waals surface area contributed by atoms with Crippen LogP contribution in [0.4, 0.5) is 5.69 Å². The molecule has 1 atom stereocenters. The molecule has 31 heavy (non-hydrogen) atoms. The zero-order valence-electron chi connectivity index (χ0n) is 16.5. The van der Waals surface area contributed by atoms with E-state index in [1.165, 1.54) is 5.01 Å². The Balaban J connectivity index is 1.34. The molecule has 2 aliphatic heterocycles. The molecule has 9 heteroatoms. The smallest absolute Gasteiger partial charge is 0.262 e. The van der Waals surface area contributed by atoms with Gasteiger partial charge in [0.15, 0.2) is 11.5 Å². The van der Waals surface area contributed by atoms with Gasteiger partial charge in [0.2, 0.25) is 0 Å². The fourth-order valence-electron chi connectivity index (χ4n) is 3.61. The fourth-order valence-corrected chi connectivity index (χ4v) is 3.83. The molecule has 2 aliphatic rings. The molecule has 2 aromatic heterocycles. The third-order valence-electron chi connectivity index (χ3n) is 5.11. The number of carbonyl (C=O) groups excluding carboxylic acids is 1. The second-order valence-electron chi connectivity index (χ2n) is 7.18. The zero-order chi connectivity index (χ0) is 21.2. The maximum atomic E-state index is 13.1. The van der Waals surface area contributed by atoms with E-state index in [2.05, 4.69) is 10.4 Å². The third-order valence-corrected chi connectivity index (χ3v) is 5.42. The number of benzene rings is 1. The number of anilines is 1. The number of amides is 1. The lowest BCUT2D eigenvalue weighted by molar-refractivity contribution is -0.131. The fraction of sp³-hybridized carbons (Fsp3) is 0.273. The minimum absolute atomic E-state index is 0.00843. The molecule has 3 aromatic rings. The van der Waals surface area contributed by atoms with Crippen LogP contribution in [0.5, 0.6) is 11.5 Å². The molecule has 1 N–H and O–H groups in total. The highest BCUT2D eigenvalue weighted by molar-refractivity contribution is 6.33. The second-order valence-corrected chi connectivity index (χ2v) is 7.59. The molecule has 0 unspecified atom stereocenters. The Labute approximate surface area is 183 Å². The van der Waals surface area contributed by atoms with E-state index in [4.69, 9.17) is 29.9 Å². The molecular formula is C22H20ClN3O5. The number of rotatable bonds is 5. The summed E-state index contributed by atoms with van der Waals surface area (Å²) in [6.07, 6.45) is 4.46. The number of hydrogen-bond donors (Lipinski definition) is 1. The van der Waals surface area contributed by atoms with E-state index in [1.807, 2.05) is 12.1 Å². The van der Waals surface area contributed by atoms with Crippen molar-refractivity contribution in [2.45, 2.75) is 18.9 Å². The number of nitrogens with one attached hydrogen (secondary N) is 1. The number of nitrogens with zero attached hydrogens (tertiary/aromatic N) is 2. The molecule has 4 heterocycles. The highest BCUT2D eigenvalue weighted by Crippen LogP contribution is 2.38. The van der Waals surface area contributed by atoms with Gasteiger partial charge in [0.05, 0.1) is 43.0 Å². The maximum absolute atomic E-state index is 13.1. The van der Waals surface area contributed by atoms with Crippen LogP contribution in [-0.2, 0) is 4.79 Å². The predicted octanol–water partition coefficient (Wildman–Crippen LogP) is 4.48. The largest absolute Gasteiger partial charge is 0.490 e. The summed E-state index contributed by atoms with van der Waals surface area (Å²) in [5, 5.41) is 9.48. The summed E-state index contributed by atoms with van der Waals surface area (Å²) in [5.41, 5.74) is 1.27. The van der Waals surface area contributed by atoms with E-state index in [9.17, 15) is 4.79 Å². The number of fused-ring (bicyclic) bond motifs is 1. The van der Waals surface area contributed by atoms with Crippen molar-refractivity contribution in [1.29, 1.82) is 0 Å². The van der Waals surface area contributed by atoms with Crippen molar-refractivity contribution >= 4 is 28.9 Å². The van der Waals surface area contributed by atoms with Crippen molar-refractivity contribution in [2.24, 2.45) is 5.10 Å². The lowest BCUT2D eigenvalue weighted by Gasteiger charge is -2.20. The molecule has 160 valence electrons. The Bertz CT molecular complexity index is 1090. The highest BCUT2D eigenvalue weighted by atomic mass is 35.5. The molecule has 0 radical (unpaired) electrons. The summed E-state index contributed by atoms with van der Waals surface area (Å²) >= 11 is 6.38. The van der Waals surface area contributed by atoms with Gasteiger partial charge in [0, 0.05) is 25.0 Å². The Morgan fingerprint density at radius 3 is 2.65 bits per heavy atom. The van der Waals surface area contributed by atoms with Crippen LogP contribution >= 0.6 is 11.6 Å². The van der Waals surface area contributed by atoms with Crippen LogP contribution in [-0.4, -0.2) is 36.4 Å². The van der Waals surface area contributed by atoms with Crippen LogP contribution in [0, 0.1) is 0 Å². The summed E-state index contributed by atoms with van der Waals surface area (Å²) in [7, 11) is 0. The van der Waals surface area contributed by atoms with E-state index < -0.39 is 0 Å². The highest BCUT2D eigenvalue weighted by Gasteiger charge is 2.35. The number of ether oxygens (including phenoxy) is 2. The van der Waals surface area contributed by atoms with Gasteiger partial charge in [-0.3, -0.25) is 4.79 Å². The van der Waals surface area contributed by atoms with Gasteiger partial charge in [-0.05, 0) is 24.3 Å². The first-order valence-electron chi connectivity index (χ1n) is 9.99. The van der Waals surface area contributed by atoms with E-state index in [-0.39, 0.29) is 18.5 Å². The number of hydrogen-bond acceptors (Lipinski definition) is 7. The van der Waals surface area contributed by atoms with E-state index in [1.54, 1.807) is 36.8 Å². The summed E-state index contributed by atoms with van der Waals surface area (Å²) < 4.78 is 22.4. The molecule has 0 bridgehead atoms. The van der Waals surface area contributed by atoms with Gasteiger partial charge in [-0.15, -0.1) is 0 Å². The zero-order valence-corrected chi connectivity index (χ0v) is 17.3. The molecule has 5 rings (SSSR count). The summed E-state index contributed by atoms with van der Waals surface area (Å²) in [5.74, 6) is 2.26. The van der Waals surface area contributed by atoms with E-state index in [0.29, 0.717) is 59.1 Å². The minimum atomic E-state index is -0.344. The number of furan rings is 2. The second kappa shape index (κ2) is 8.39. The topological polar surface area (TPSA) is 89.4 Å². The molecule has 0 aliphatic carbocycles. The van der Waals surface area contributed by atoms with Crippen LogP contribution < -0.4 is 14.8 Å². The standard InChI is InChI=1S/C22H20ClN3O5/c23-14-10-20-21(31-9-3-8-30-20)12-15(14)24-13-22(27)26-17(19-5-2-7-29-19)11-16(25-26)18-4-1-6-28-18/h1-2,4-7,10,12,17,24H,3,8-9,11,13H2/t17-/m1/s1. The van der Waals surface area contributed by atoms with Gasteiger partial charge < -0.3 is 23.6 Å². The van der Waals surface area contributed by atoms with Gasteiger partial charge in [0.25, 0.3) is 5.91 Å². The third kappa shape index (κ3) is 3.98. The van der Waals surface area contributed by atoms with Crippen molar-refractivity contribution in [3.63, 3.8) is 0 Å². The van der Waals surface area contributed by atoms with E-state index in [0.717, 1.165) is 6.42 Å². The number of carbonyl (C=O) groups is 1. The first kappa shape index (κ1) is 19.6. The quantitative estimate of drug-likeness (QED) is 0.628. The van der Waals surface area contributed by atoms with Crippen LogP contribution in [0.1, 0.15) is 30.4 Å². The average Bonchev–Trinajstić information content (AvgIpc) is 3.51. The average molecular weight is 442 g/mol. The van der Waals surface area contributed by atoms with Gasteiger partial charge in [-0.1, -0.05) is 11.6 Å². The summed E-state index contributed by atoms with van der Waals surface area (Å²) in [6, 6.07) is 10.3. The van der Waals surface area contributed by atoms with Gasteiger partial charge in [-0.25, -0.2) is 5.01 Å². The van der Waals surface area contributed by atoms with E-state index >= 15 is 0 Å². The molecule has 1 aromatic carbocycles. The van der Waals surface area contributed by atoms with Crippen molar-refractivity contribution in [3.8, 4) is 11.5 Å². The Hall–Kier alpha value is -3.39. The van der Waals surface area contributed by atoms with Crippen molar-refractivity contribution < 1.29 is 23.1 Å². The van der Waals surface area contributed by atoms with Gasteiger partial charge >= 0.3 is 0 Å². The van der Waals surface area contributed by atoms with Gasteiger partial charge in [-0.2, -0.15) is 5.10 Å². The number of hydrazone groups is 1. The van der Waals surface area contributed by atoms with Crippen molar-refractivity contribution in [2.75, 3.05) is 25.1 Å². The van der Waals surface area contributed by atoms with Crippen LogP contribution in [0.15, 0.2) is 62.9 Å². The normalized spacial score (nSPS) is 17.9. The molecule has 0 spiro atoms. The van der Waals surface area contributed by atoms with Crippen LogP contribution in [0.25, 0.3) is 0 Å².